The van der Waals surface area contributed by atoms with E-state index in [1.165, 1.54) is 19.4 Å². The number of nitrogens with one attached hydrogen (secondary N) is 2. The molecular formula is C24H21N3O4. The summed E-state index contributed by atoms with van der Waals surface area (Å²) in [6.45, 7) is 0. The lowest BCUT2D eigenvalue weighted by Crippen LogP contribution is -2.32. The van der Waals surface area contributed by atoms with Gasteiger partial charge in [-0.25, -0.2) is 5.43 Å². The van der Waals surface area contributed by atoms with Crippen LogP contribution in [0.1, 0.15) is 21.5 Å². The van der Waals surface area contributed by atoms with Crippen LogP contribution >= 0.6 is 0 Å². The third kappa shape index (κ3) is 6.04. The van der Waals surface area contributed by atoms with Crippen molar-refractivity contribution in [2.45, 2.75) is 0 Å². The normalized spacial score (nSPS) is 11.2. The van der Waals surface area contributed by atoms with Gasteiger partial charge in [0.25, 0.3) is 11.8 Å². The molecule has 0 unspecified atom stereocenters. The highest BCUT2D eigenvalue weighted by atomic mass is 16.5. The smallest absolute Gasteiger partial charge is 0.287 e. The monoisotopic (exact) mass is 415 g/mol. The number of phenols is 1. The average molecular weight is 415 g/mol. The molecule has 0 heterocycles. The van der Waals surface area contributed by atoms with Crippen molar-refractivity contribution in [3.05, 3.63) is 101 Å². The van der Waals surface area contributed by atoms with Crippen LogP contribution in [0.25, 0.3) is 6.08 Å². The molecule has 0 saturated carbocycles. The first kappa shape index (κ1) is 21.3. The molecule has 2 amide bonds. The van der Waals surface area contributed by atoms with E-state index in [-0.39, 0.29) is 11.4 Å². The van der Waals surface area contributed by atoms with Crippen LogP contribution in [0.3, 0.4) is 0 Å². The Bertz CT molecular complexity index is 1110. The molecule has 0 bridgehead atoms. The molecule has 0 aromatic heterocycles. The van der Waals surface area contributed by atoms with Crippen molar-refractivity contribution in [1.29, 1.82) is 0 Å². The number of carbonyl (C=O) groups excluding carboxylic acids is 2. The fourth-order valence-electron chi connectivity index (χ4n) is 2.64. The van der Waals surface area contributed by atoms with Gasteiger partial charge in [0, 0.05) is 17.2 Å². The minimum atomic E-state index is -0.614. The summed E-state index contributed by atoms with van der Waals surface area (Å²) in [6, 6.07) is 22.4. The largest absolute Gasteiger partial charge is 0.507 e. The lowest BCUT2D eigenvalue weighted by molar-refractivity contribution is -0.117. The molecule has 0 fully saturated rings. The van der Waals surface area contributed by atoms with E-state index in [0.29, 0.717) is 16.9 Å². The number of amides is 2. The zero-order valence-electron chi connectivity index (χ0n) is 16.8. The maximum absolute atomic E-state index is 12.7. The second-order valence-electron chi connectivity index (χ2n) is 6.41. The molecule has 3 aromatic rings. The summed E-state index contributed by atoms with van der Waals surface area (Å²) in [4.78, 5) is 25.2. The van der Waals surface area contributed by atoms with Gasteiger partial charge >= 0.3 is 0 Å². The summed E-state index contributed by atoms with van der Waals surface area (Å²) in [5.41, 5.74) is 3.94. The Hall–Kier alpha value is -4.39. The summed E-state index contributed by atoms with van der Waals surface area (Å²) in [5, 5.41) is 16.5. The van der Waals surface area contributed by atoms with Crippen LogP contribution in [0.2, 0.25) is 0 Å². The molecule has 3 N–H and O–H groups in total. The van der Waals surface area contributed by atoms with Crippen LogP contribution in [0, 0.1) is 0 Å². The number of nitrogens with zero attached hydrogens (tertiary/aromatic N) is 1. The molecule has 3 aromatic carbocycles. The van der Waals surface area contributed by atoms with Crippen LogP contribution < -0.4 is 15.5 Å². The van der Waals surface area contributed by atoms with E-state index in [9.17, 15) is 14.7 Å². The number of methoxy groups -OCH3 is 1. The van der Waals surface area contributed by atoms with Crippen molar-refractivity contribution in [3.63, 3.8) is 0 Å². The quantitative estimate of drug-likeness (QED) is 0.313. The highest BCUT2D eigenvalue weighted by Gasteiger charge is 2.14. The predicted octanol–water partition coefficient (Wildman–Crippen LogP) is 3.32. The zero-order valence-corrected chi connectivity index (χ0v) is 16.8. The molecule has 0 spiro atoms. The number of carbonyl (C=O) groups is 2. The third-order valence-electron chi connectivity index (χ3n) is 4.25. The van der Waals surface area contributed by atoms with Gasteiger partial charge in [-0.3, -0.25) is 9.59 Å². The van der Waals surface area contributed by atoms with E-state index < -0.39 is 11.8 Å². The van der Waals surface area contributed by atoms with Crippen molar-refractivity contribution in [3.8, 4) is 11.5 Å². The lowest BCUT2D eigenvalue weighted by atomic mass is 10.1. The first-order valence-electron chi connectivity index (χ1n) is 9.40. The maximum Gasteiger partial charge on any atom is 0.287 e. The van der Waals surface area contributed by atoms with Gasteiger partial charge in [-0.1, -0.05) is 48.5 Å². The summed E-state index contributed by atoms with van der Waals surface area (Å²) in [7, 11) is 1.49. The zero-order chi connectivity index (χ0) is 22.1. The summed E-state index contributed by atoms with van der Waals surface area (Å²) < 4.78 is 5.03. The molecule has 7 heteroatoms. The van der Waals surface area contributed by atoms with Gasteiger partial charge in [0.05, 0.1) is 13.3 Å². The van der Waals surface area contributed by atoms with Crippen molar-refractivity contribution in [1.82, 2.24) is 10.7 Å². The van der Waals surface area contributed by atoms with E-state index in [1.54, 1.807) is 60.7 Å². The Balaban J connectivity index is 1.77. The van der Waals surface area contributed by atoms with Crippen LogP contribution in [0.4, 0.5) is 0 Å². The molecule has 0 aliphatic heterocycles. The van der Waals surface area contributed by atoms with Gasteiger partial charge in [-0.05, 0) is 35.9 Å². The SMILES string of the molecule is COc1ccc(C=NNC(=O)C(=Cc2ccccc2)NC(=O)c2ccccc2)c(O)c1. The van der Waals surface area contributed by atoms with Crippen molar-refractivity contribution >= 4 is 24.1 Å². The molecule has 31 heavy (non-hydrogen) atoms. The van der Waals surface area contributed by atoms with Gasteiger partial charge in [0.2, 0.25) is 0 Å². The summed E-state index contributed by atoms with van der Waals surface area (Å²) in [5.74, 6) is -0.586. The first-order chi connectivity index (χ1) is 15.1. The Morgan fingerprint density at radius 2 is 1.65 bits per heavy atom. The van der Waals surface area contributed by atoms with E-state index in [2.05, 4.69) is 15.8 Å². The van der Waals surface area contributed by atoms with Crippen LogP contribution in [0.15, 0.2) is 89.7 Å². The highest BCUT2D eigenvalue weighted by Crippen LogP contribution is 2.21. The van der Waals surface area contributed by atoms with Crippen LogP contribution in [-0.2, 0) is 4.79 Å². The van der Waals surface area contributed by atoms with Crippen molar-refractivity contribution in [2.24, 2.45) is 5.10 Å². The second kappa shape index (κ2) is 10.4. The lowest BCUT2D eigenvalue weighted by Gasteiger charge is -2.09. The molecule has 0 saturated heterocycles. The van der Waals surface area contributed by atoms with Gasteiger partial charge in [-0.15, -0.1) is 0 Å². The molecule has 3 rings (SSSR count). The molecular weight excluding hydrogens is 394 g/mol. The molecule has 0 radical (unpaired) electrons. The standard InChI is InChI=1S/C24H21N3O4/c1-31-20-13-12-19(22(28)15-20)16-25-27-24(30)21(14-17-8-4-2-5-9-17)26-23(29)18-10-6-3-7-11-18/h2-16,28H,1H3,(H,26,29)(H,27,30). The number of phenolic OH excluding ortho intramolecular Hbond substituents is 1. The number of hydrazone groups is 1. The molecule has 0 atom stereocenters. The molecule has 156 valence electrons. The summed E-state index contributed by atoms with van der Waals surface area (Å²) >= 11 is 0. The number of ether oxygens (including phenoxy) is 1. The Morgan fingerprint density at radius 1 is 0.968 bits per heavy atom. The van der Waals surface area contributed by atoms with E-state index in [0.717, 1.165) is 5.56 Å². The molecule has 7 nitrogen and oxygen atoms in total. The number of aromatic hydroxyl groups is 1. The first-order valence-corrected chi connectivity index (χ1v) is 9.40. The van der Waals surface area contributed by atoms with Crippen molar-refractivity contribution < 1.29 is 19.4 Å². The fraction of sp³-hybridized carbons (Fsp3) is 0.0417. The highest BCUT2D eigenvalue weighted by molar-refractivity contribution is 6.05. The maximum atomic E-state index is 12.7. The second-order valence-corrected chi connectivity index (χ2v) is 6.41. The Kier molecular flexibility index (Phi) is 7.16. The Morgan fingerprint density at radius 3 is 2.29 bits per heavy atom. The van der Waals surface area contributed by atoms with Gasteiger partial charge in [0.1, 0.15) is 17.2 Å². The summed E-state index contributed by atoms with van der Waals surface area (Å²) in [6.07, 6.45) is 2.85. The van der Waals surface area contributed by atoms with Crippen LogP contribution in [0.5, 0.6) is 11.5 Å². The van der Waals surface area contributed by atoms with Crippen molar-refractivity contribution in [2.75, 3.05) is 7.11 Å². The number of hydrogen-bond donors (Lipinski definition) is 3. The third-order valence-corrected chi connectivity index (χ3v) is 4.25. The number of benzene rings is 3. The Labute approximate surface area is 179 Å². The minimum Gasteiger partial charge on any atom is -0.507 e. The van der Waals surface area contributed by atoms with Gasteiger partial charge in [0.15, 0.2) is 0 Å². The van der Waals surface area contributed by atoms with Gasteiger partial charge in [-0.2, -0.15) is 5.10 Å². The number of rotatable bonds is 7. The molecule has 0 aliphatic carbocycles. The minimum absolute atomic E-state index is 0.0242. The fourth-order valence-corrected chi connectivity index (χ4v) is 2.64. The average Bonchev–Trinajstić information content (AvgIpc) is 2.80. The topological polar surface area (TPSA) is 100 Å². The van der Waals surface area contributed by atoms with E-state index in [4.69, 9.17) is 4.74 Å². The van der Waals surface area contributed by atoms with E-state index >= 15 is 0 Å². The van der Waals surface area contributed by atoms with Gasteiger partial charge < -0.3 is 15.2 Å². The van der Waals surface area contributed by atoms with Crippen LogP contribution in [-0.4, -0.2) is 30.2 Å². The number of hydrogen-bond acceptors (Lipinski definition) is 5. The molecule has 0 aliphatic rings. The predicted molar refractivity (Wildman–Crippen MR) is 119 cm³/mol. The van der Waals surface area contributed by atoms with E-state index in [1.807, 2.05) is 18.2 Å².